The first-order valence-corrected chi connectivity index (χ1v) is 6.49. The SMILES string of the molecule is CCCN(CCNC(=O)Nc1ccccc1)C(C)=O. The first-order valence-electron chi connectivity index (χ1n) is 6.49. The molecule has 0 aliphatic carbocycles. The van der Waals surface area contributed by atoms with Crippen LogP contribution in [-0.2, 0) is 4.79 Å². The lowest BCUT2D eigenvalue weighted by atomic mass is 10.3. The molecule has 0 fully saturated rings. The topological polar surface area (TPSA) is 61.4 Å². The third-order valence-corrected chi connectivity index (χ3v) is 2.64. The lowest BCUT2D eigenvalue weighted by Crippen LogP contribution is -2.39. The highest BCUT2D eigenvalue weighted by Crippen LogP contribution is 2.03. The minimum Gasteiger partial charge on any atom is -0.341 e. The summed E-state index contributed by atoms with van der Waals surface area (Å²) in [6.07, 6.45) is 0.912. The summed E-state index contributed by atoms with van der Waals surface area (Å²) in [5.41, 5.74) is 0.747. The van der Waals surface area contributed by atoms with E-state index in [1.807, 2.05) is 37.3 Å². The second kappa shape index (κ2) is 8.13. The van der Waals surface area contributed by atoms with Gasteiger partial charge in [0.2, 0.25) is 5.91 Å². The van der Waals surface area contributed by atoms with Gasteiger partial charge < -0.3 is 15.5 Å². The molecule has 0 aromatic heterocycles. The molecule has 3 amide bonds. The lowest BCUT2D eigenvalue weighted by Gasteiger charge is -2.20. The van der Waals surface area contributed by atoms with Gasteiger partial charge in [-0.2, -0.15) is 0 Å². The number of hydrogen-bond donors (Lipinski definition) is 2. The zero-order valence-corrected chi connectivity index (χ0v) is 11.5. The first kappa shape index (κ1) is 15.0. The van der Waals surface area contributed by atoms with Gasteiger partial charge in [0.25, 0.3) is 0 Å². The standard InChI is InChI=1S/C14H21N3O2/c1-3-10-17(12(2)18)11-9-15-14(19)16-13-7-5-4-6-8-13/h4-8H,3,9-11H2,1-2H3,(H2,15,16,19). The molecule has 1 rings (SSSR count). The van der Waals surface area contributed by atoms with Gasteiger partial charge in [0.1, 0.15) is 0 Å². The molecule has 1 aromatic carbocycles. The summed E-state index contributed by atoms with van der Waals surface area (Å²) in [7, 11) is 0. The van der Waals surface area contributed by atoms with Crippen LogP contribution in [0.25, 0.3) is 0 Å². The molecule has 0 saturated heterocycles. The van der Waals surface area contributed by atoms with Gasteiger partial charge in [-0.15, -0.1) is 0 Å². The molecule has 5 heteroatoms. The number of anilines is 1. The molecular weight excluding hydrogens is 242 g/mol. The average molecular weight is 263 g/mol. The Balaban J connectivity index is 2.28. The quantitative estimate of drug-likeness (QED) is 0.825. The average Bonchev–Trinajstić information content (AvgIpc) is 2.38. The molecule has 2 N–H and O–H groups in total. The molecule has 0 spiro atoms. The van der Waals surface area contributed by atoms with Crippen LogP contribution in [0.4, 0.5) is 10.5 Å². The fourth-order valence-electron chi connectivity index (χ4n) is 1.70. The minimum absolute atomic E-state index is 0.0344. The third-order valence-electron chi connectivity index (χ3n) is 2.64. The number of carbonyl (C=O) groups is 2. The van der Waals surface area contributed by atoms with E-state index in [4.69, 9.17) is 0 Å². The van der Waals surface area contributed by atoms with E-state index in [-0.39, 0.29) is 11.9 Å². The van der Waals surface area contributed by atoms with Crippen LogP contribution in [0.1, 0.15) is 20.3 Å². The van der Waals surface area contributed by atoms with Gasteiger partial charge in [-0.05, 0) is 18.6 Å². The second-order valence-electron chi connectivity index (χ2n) is 4.25. The fraction of sp³-hybridized carbons (Fsp3) is 0.429. The van der Waals surface area contributed by atoms with Gasteiger partial charge >= 0.3 is 6.03 Å². The van der Waals surface area contributed by atoms with E-state index in [0.29, 0.717) is 13.1 Å². The van der Waals surface area contributed by atoms with Crippen molar-refractivity contribution < 1.29 is 9.59 Å². The number of carbonyl (C=O) groups excluding carboxylic acids is 2. The van der Waals surface area contributed by atoms with Gasteiger partial charge in [0.15, 0.2) is 0 Å². The number of urea groups is 1. The maximum Gasteiger partial charge on any atom is 0.319 e. The number of benzene rings is 1. The van der Waals surface area contributed by atoms with Crippen molar-refractivity contribution in [1.82, 2.24) is 10.2 Å². The van der Waals surface area contributed by atoms with Gasteiger partial charge in [-0.1, -0.05) is 25.1 Å². The molecule has 19 heavy (non-hydrogen) atoms. The number of nitrogens with zero attached hydrogens (tertiary/aromatic N) is 1. The van der Waals surface area contributed by atoms with E-state index < -0.39 is 0 Å². The van der Waals surface area contributed by atoms with Gasteiger partial charge in [0.05, 0.1) is 0 Å². The Morgan fingerprint density at radius 2 is 1.84 bits per heavy atom. The largest absolute Gasteiger partial charge is 0.341 e. The van der Waals surface area contributed by atoms with E-state index >= 15 is 0 Å². The Labute approximate surface area is 114 Å². The van der Waals surface area contributed by atoms with Gasteiger partial charge in [0, 0.05) is 32.2 Å². The highest BCUT2D eigenvalue weighted by atomic mass is 16.2. The summed E-state index contributed by atoms with van der Waals surface area (Å²) >= 11 is 0. The monoisotopic (exact) mass is 263 g/mol. The van der Waals surface area contributed by atoms with E-state index in [2.05, 4.69) is 10.6 Å². The van der Waals surface area contributed by atoms with Gasteiger partial charge in [-0.3, -0.25) is 4.79 Å². The summed E-state index contributed by atoms with van der Waals surface area (Å²) in [5, 5.41) is 5.45. The molecular formula is C14H21N3O2. The summed E-state index contributed by atoms with van der Waals surface area (Å²) in [4.78, 5) is 24.6. The van der Waals surface area contributed by atoms with Crippen molar-refractivity contribution in [2.45, 2.75) is 20.3 Å². The predicted molar refractivity (Wildman–Crippen MR) is 76.0 cm³/mol. The van der Waals surface area contributed by atoms with Crippen LogP contribution in [0.15, 0.2) is 30.3 Å². The summed E-state index contributed by atoms with van der Waals surface area (Å²) in [6, 6.07) is 8.98. The van der Waals surface area contributed by atoms with Crippen molar-refractivity contribution in [2.24, 2.45) is 0 Å². The normalized spacial score (nSPS) is 9.79. The molecule has 104 valence electrons. The van der Waals surface area contributed by atoms with E-state index in [1.165, 1.54) is 0 Å². The number of para-hydroxylation sites is 1. The summed E-state index contributed by atoms with van der Waals surface area (Å²) in [5.74, 6) is 0.0344. The van der Waals surface area contributed by atoms with Crippen molar-refractivity contribution >= 4 is 17.6 Å². The maximum absolute atomic E-state index is 11.6. The van der Waals surface area contributed by atoms with E-state index in [0.717, 1.165) is 18.7 Å². The van der Waals surface area contributed by atoms with Crippen molar-refractivity contribution in [2.75, 3.05) is 25.0 Å². The fourth-order valence-corrected chi connectivity index (χ4v) is 1.70. The molecule has 0 saturated carbocycles. The smallest absolute Gasteiger partial charge is 0.319 e. The number of rotatable bonds is 6. The molecule has 0 aliphatic heterocycles. The maximum atomic E-state index is 11.6. The van der Waals surface area contributed by atoms with Crippen LogP contribution in [0.5, 0.6) is 0 Å². The molecule has 5 nitrogen and oxygen atoms in total. The number of hydrogen-bond acceptors (Lipinski definition) is 2. The van der Waals surface area contributed by atoms with E-state index in [9.17, 15) is 9.59 Å². The van der Waals surface area contributed by atoms with Crippen molar-refractivity contribution in [1.29, 1.82) is 0 Å². The van der Waals surface area contributed by atoms with Crippen molar-refractivity contribution in [3.8, 4) is 0 Å². The Morgan fingerprint density at radius 3 is 2.42 bits per heavy atom. The highest BCUT2D eigenvalue weighted by molar-refractivity contribution is 5.89. The van der Waals surface area contributed by atoms with Gasteiger partial charge in [-0.25, -0.2) is 4.79 Å². The van der Waals surface area contributed by atoms with Crippen LogP contribution in [0.3, 0.4) is 0 Å². The lowest BCUT2D eigenvalue weighted by molar-refractivity contribution is -0.128. The van der Waals surface area contributed by atoms with Crippen LogP contribution in [0.2, 0.25) is 0 Å². The Bertz CT molecular complexity index is 406. The molecule has 0 unspecified atom stereocenters. The van der Waals surface area contributed by atoms with Crippen LogP contribution in [-0.4, -0.2) is 36.5 Å². The minimum atomic E-state index is -0.258. The van der Waals surface area contributed by atoms with Crippen molar-refractivity contribution in [3.63, 3.8) is 0 Å². The van der Waals surface area contributed by atoms with E-state index in [1.54, 1.807) is 11.8 Å². The highest BCUT2D eigenvalue weighted by Gasteiger charge is 2.07. The Kier molecular flexibility index (Phi) is 6.43. The zero-order chi connectivity index (χ0) is 14.1. The Morgan fingerprint density at radius 1 is 1.16 bits per heavy atom. The van der Waals surface area contributed by atoms with Crippen LogP contribution in [0, 0.1) is 0 Å². The molecule has 0 heterocycles. The number of nitrogens with one attached hydrogen (secondary N) is 2. The van der Waals surface area contributed by atoms with Crippen molar-refractivity contribution in [3.05, 3.63) is 30.3 Å². The van der Waals surface area contributed by atoms with Crippen LogP contribution >= 0.6 is 0 Å². The zero-order valence-electron chi connectivity index (χ0n) is 11.5. The van der Waals surface area contributed by atoms with Crippen LogP contribution < -0.4 is 10.6 Å². The first-order chi connectivity index (χ1) is 9.13. The number of amides is 3. The predicted octanol–water partition coefficient (Wildman–Crippen LogP) is 2.07. The Hall–Kier alpha value is -2.04. The third kappa shape index (κ3) is 5.90. The molecule has 0 atom stereocenters. The molecule has 0 radical (unpaired) electrons. The molecule has 0 aliphatic rings. The molecule has 1 aromatic rings. The molecule has 0 bridgehead atoms. The summed E-state index contributed by atoms with van der Waals surface area (Å²) in [6.45, 7) is 5.26. The summed E-state index contributed by atoms with van der Waals surface area (Å²) < 4.78 is 0. The second-order valence-corrected chi connectivity index (χ2v) is 4.25.